The van der Waals surface area contributed by atoms with Gasteiger partial charge in [-0.15, -0.1) is 0 Å². The molecule has 0 spiro atoms. The van der Waals surface area contributed by atoms with E-state index < -0.39 is 0 Å². The Morgan fingerprint density at radius 2 is 0.787 bits per heavy atom. The van der Waals surface area contributed by atoms with E-state index in [0.29, 0.717) is 0 Å². The number of anilines is 3. The van der Waals surface area contributed by atoms with Gasteiger partial charge in [-0.3, -0.25) is 0 Å². The lowest BCUT2D eigenvalue weighted by Crippen LogP contribution is -2.18. The summed E-state index contributed by atoms with van der Waals surface area (Å²) in [5, 5.41) is 4.75. The number of furan rings is 2. The lowest BCUT2D eigenvalue weighted by molar-refractivity contribution is 0.649. The number of rotatable bonds is 4. The summed E-state index contributed by atoms with van der Waals surface area (Å²) in [7, 11) is 0. The molecule has 0 aliphatic heterocycles. The number of hydrogen-bond acceptors (Lipinski definition) is 3. The molecule has 0 N–H and O–H groups in total. The van der Waals surface area contributed by atoms with E-state index >= 15 is 0 Å². The molecule has 0 unspecified atom stereocenters. The zero-order valence-corrected chi connectivity index (χ0v) is 43.7. The summed E-state index contributed by atoms with van der Waals surface area (Å²) in [5.41, 5.74) is 30.0. The third kappa shape index (κ3) is 5.45. The second-order valence-corrected chi connectivity index (χ2v) is 24.0. The van der Waals surface area contributed by atoms with Crippen molar-refractivity contribution in [2.24, 2.45) is 0 Å². The normalized spacial score (nSPS) is 16.2. The van der Waals surface area contributed by atoms with Gasteiger partial charge < -0.3 is 13.7 Å². The summed E-state index contributed by atoms with van der Waals surface area (Å²) in [4.78, 5) is 2.53. The van der Waals surface area contributed by atoms with E-state index in [9.17, 15) is 0 Å². The molecule has 0 radical (unpaired) electrons. The fourth-order valence-electron chi connectivity index (χ4n) is 14.7. The van der Waals surface area contributed by atoms with Gasteiger partial charge in [0, 0.05) is 65.7 Å². The van der Waals surface area contributed by atoms with Gasteiger partial charge in [0.1, 0.15) is 22.3 Å². The van der Waals surface area contributed by atoms with Gasteiger partial charge in [0.05, 0.1) is 5.69 Å². The Morgan fingerprint density at radius 1 is 0.307 bits per heavy atom. The van der Waals surface area contributed by atoms with Crippen LogP contribution in [-0.4, -0.2) is 0 Å². The zero-order chi connectivity index (χ0) is 50.7. The second kappa shape index (κ2) is 14.3. The lowest BCUT2D eigenvalue weighted by Gasteiger charge is -2.31. The minimum Gasteiger partial charge on any atom is -0.456 e. The highest BCUT2D eigenvalue weighted by atomic mass is 16.3. The van der Waals surface area contributed by atoms with Crippen LogP contribution in [0.25, 0.3) is 99.5 Å². The zero-order valence-electron chi connectivity index (χ0n) is 43.7. The topological polar surface area (TPSA) is 29.5 Å². The highest BCUT2D eigenvalue weighted by Gasteiger charge is 2.45. The van der Waals surface area contributed by atoms with Gasteiger partial charge in [-0.25, -0.2) is 0 Å². The molecule has 3 heteroatoms. The Bertz CT molecular complexity index is 4530. The van der Waals surface area contributed by atoms with Crippen LogP contribution in [0.3, 0.4) is 0 Å². The predicted molar refractivity (Wildman–Crippen MR) is 311 cm³/mol. The highest BCUT2D eigenvalue weighted by molar-refractivity contribution is 6.16. The molecule has 4 aliphatic carbocycles. The van der Waals surface area contributed by atoms with Crippen molar-refractivity contribution >= 4 is 60.9 Å². The van der Waals surface area contributed by atoms with E-state index in [2.05, 4.69) is 248 Å². The third-order valence-electron chi connectivity index (χ3n) is 18.7. The van der Waals surface area contributed by atoms with E-state index in [1.807, 2.05) is 0 Å². The highest BCUT2D eigenvalue weighted by Crippen LogP contribution is 2.61. The molecule has 0 atom stereocenters. The van der Waals surface area contributed by atoms with Crippen LogP contribution in [0.5, 0.6) is 0 Å². The van der Waals surface area contributed by atoms with Crippen molar-refractivity contribution in [3.8, 4) is 55.6 Å². The maximum atomic E-state index is 6.76. The number of nitrogens with zero attached hydrogens (tertiary/aromatic N) is 1. The molecular weight excluding hydrogens is 911 g/mol. The van der Waals surface area contributed by atoms with Crippen molar-refractivity contribution in [1.29, 1.82) is 0 Å². The fraction of sp³-hybridized carbons (Fsp3) is 0.167. The molecule has 4 aliphatic rings. The van der Waals surface area contributed by atoms with Crippen LogP contribution in [0.1, 0.15) is 99.9 Å². The first kappa shape index (κ1) is 43.0. The largest absolute Gasteiger partial charge is 0.456 e. The van der Waals surface area contributed by atoms with Gasteiger partial charge in [-0.2, -0.15) is 0 Å². The van der Waals surface area contributed by atoms with Gasteiger partial charge in [-0.1, -0.05) is 171 Å². The molecule has 10 aromatic carbocycles. The van der Waals surface area contributed by atoms with Gasteiger partial charge in [0.15, 0.2) is 0 Å². The number of benzene rings is 10. The van der Waals surface area contributed by atoms with Crippen LogP contribution >= 0.6 is 0 Å². The first-order valence-corrected chi connectivity index (χ1v) is 26.7. The van der Waals surface area contributed by atoms with Crippen LogP contribution in [-0.2, 0) is 21.7 Å². The molecule has 0 fully saturated rings. The second-order valence-electron chi connectivity index (χ2n) is 24.0. The molecule has 0 amide bonds. The fourth-order valence-corrected chi connectivity index (χ4v) is 14.7. The van der Waals surface area contributed by atoms with Crippen molar-refractivity contribution in [2.45, 2.75) is 77.0 Å². The van der Waals surface area contributed by atoms with E-state index in [-0.39, 0.29) is 21.7 Å². The van der Waals surface area contributed by atoms with Crippen LogP contribution < -0.4 is 4.90 Å². The molecule has 12 aromatic rings. The van der Waals surface area contributed by atoms with Gasteiger partial charge in [-0.05, 0) is 162 Å². The van der Waals surface area contributed by atoms with Crippen molar-refractivity contribution in [2.75, 3.05) is 4.90 Å². The van der Waals surface area contributed by atoms with Crippen molar-refractivity contribution in [3.05, 3.63) is 233 Å². The Morgan fingerprint density at radius 3 is 1.44 bits per heavy atom. The maximum Gasteiger partial charge on any atom is 0.143 e. The third-order valence-corrected chi connectivity index (χ3v) is 18.7. The van der Waals surface area contributed by atoms with Gasteiger partial charge >= 0.3 is 0 Å². The Balaban J connectivity index is 0.858. The molecular formula is C72H55NO2. The summed E-state index contributed by atoms with van der Waals surface area (Å²) >= 11 is 0. The molecule has 360 valence electrons. The number of para-hydroxylation sites is 3. The monoisotopic (exact) mass is 965 g/mol. The van der Waals surface area contributed by atoms with E-state index in [4.69, 9.17) is 8.83 Å². The minimum atomic E-state index is -0.280. The molecule has 3 nitrogen and oxygen atoms in total. The smallest absolute Gasteiger partial charge is 0.143 e. The summed E-state index contributed by atoms with van der Waals surface area (Å²) in [6, 6.07) is 70.6. The van der Waals surface area contributed by atoms with Crippen LogP contribution in [0.15, 0.2) is 197 Å². The average molecular weight is 966 g/mol. The molecule has 0 saturated heterocycles. The molecule has 75 heavy (non-hydrogen) atoms. The quantitative estimate of drug-likeness (QED) is 0.176. The lowest BCUT2D eigenvalue weighted by atomic mass is 9.79. The van der Waals surface area contributed by atoms with Gasteiger partial charge in [0.25, 0.3) is 0 Å². The summed E-state index contributed by atoms with van der Waals surface area (Å²) < 4.78 is 13.3. The predicted octanol–water partition coefficient (Wildman–Crippen LogP) is 19.8. The maximum absolute atomic E-state index is 6.76. The van der Waals surface area contributed by atoms with Crippen LogP contribution in [0.4, 0.5) is 17.1 Å². The summed E-state index contributed by atoms with van der Waals surface area (Å²) in [6.45, 7) is 19.3. The van der Waals surface area contributed by atoms with Gasteiger partial charge in [0.2, 0.25) is 0 Å². The first-order valence-electron chi connectivity index (χ1n) is 26.7. The molecule has 0 bridgehead atoms. The molecule has 2 aromatic heterocycles. The van der Waals surface area contributed by atoms with Crippen molar-refractivity contribution in [1.82, 2.24) is 0 Å². The summed E-state index contributed by atoms with van der Waals surface area (Å²) in [5.74, 6) is 0. The number of fused-ring (bicyclic) bond motifs is 20. The Labute approximate surface area is 437 Å². The van der Waals surface area contributed by atoms with Crippen molar-refractivity contribution < 1.29 is 8.83 Å². The Hall–Kier alpha value is -8.40. The molecule has 0 saturated carbocycles. The van der Waals surface area contributed by atoms with E-state index in [0.717, 1.165) is 39.4 Å². The number of hydrogen-bond donors (Lipinski definition) is 0. The SMILES string of the molecule is CC1(C)c2cc(N(c3ccc4c(c3)C(C)(C)c3cc5c(cc3-4)C(C)(C)c3ccc4oc6ccccc6c4c3-5)c3ccccc3-c3ccccc3)ccc2-c2cc3c(cc21)-c1c(ccc2c1oc1ccccc12)C3(C)C. The molecule has 16 rings (SSSR count). The molecule has 2 heterocycles. The van der Waals surface area contributed by atoms with Crippen molar-refractivity contribution in [3.63, 3.8) is 0 Å². The van der Waals surface area contributed by atoms with Crippen LogP contribution in [0.2, 0.25) is 0 Å². The standard InChI is InChI=1S/C72H55NO2/c1-69(2)53-32-33-64-67(48-22-14-17-25-63(48)74-64)65(53)51-38-57-49(36-59(51)69)44-28-26-41(34-55(44)71(57,5)6)73(61-23-15-12-20-43(61)40-18-10-9-11-19-40)42-27-29-45-50-37-60-52(39-58(50)72(7,8)56(45)35-42)66-54(70(60,3)4)31-30-47-46-21-13-16-24-62(46)75-68(47)66/h9-39H,1-8H3. The summed E-state index contributed by atoms with van der Waals surface area (Å²) in [6.07, 6.45) is 0. The average Bonchev–Trinajstić information content (AvgIpc) is 4.37. The Kier molecular flexibility index (Phi) is 8.18. The minimum absolute atomic E-state index is 0.181. The first-order chi connectivity index (χ1) is 36.2. The van der Waals surface area contributed by atoms with Crippen LogP contribution in [0, 0.1) is 0 Å². The van der Waals surface area contributed by atoms with E-state index in [1.54, 1.807) is 0 Å². The van der Waals surface area contributed by atoms with E-state index in [1.165, 1.54) is 122 Å².